The number of rotatable bonds is 5. The number of carbonyl (C=O) groups is 1. The van der Waals surface area contributed by atoms with Gasteiger partial charge in [0.05, 0.1) is 0 Å². The van der Waals surface area contributed by atoms with E-state index in [4.69, 9.17) is 10.9 Å². The quantitative estimate of drug-likeness (QED) is 0.312. The van der Waals surface area contributed by atoms with Crippen molar-refractivity contribution in [3.05, 3.63) is 21.8 Å². The number of hydrogen-bond acceptors (Lipinski definition) is 5. The van der Waals surface area contributed by atoms with Crippen LogP contribution in [0.5, 0.6) is 0 Å². The van der Waals surface area contributed by atoms with Crippen molar-refractivity contribution in [2.24, 2.45) is 10.9 Å². The van der Waals surface area contributed by atoms with Gasteiger partial charge in [0.2, 0.25) is 5.54 Å². The van der Waals surface area contributed by atoms with E-state index in [1.165, 1.54) is 13.8 Å². The molecule has 0 aliphatic heterocycles. The first-order valence-electron chi connectivity index (χ1n) is 4.64. The molecule has 0 unspecified atom stereocenters. The Hall–Kier alpha value is -1.92. The summed E-state index contributed by atoms with van der Waals surface area (Å²) >= 11 is 0. The maximum Gasteiger partial charge on any atom is 0.270 e. The zero-order valence-electron chi connectivity index (χ0n) is 9.43. The van der Waals surface area contributed by atoms with Crippen LogP contribution < -0.4 is 5.73 Å². The third kappa shape index (κ3) is 3.04. The van der Waals surface area contributed by atoms with E-state index in [0.29, 0.717) is 12.0 Å². The van der Waals surface area contributed by atoms with Crippen LogP contribution in [0, 0.1) is 10.1 Å². The van der Waals surface area contributed by atoms with Gasteiger partial charge in [0.15, 0.2) is 5.71 Å². The van der Waals surface area contributed by atoms with Crippen LogP contribution in [0.25, 0.3) is 0 Å². The summed E-state index contributed by atoms with van der Waals surface area (Å²) in [6.07, 6.45) is 1.49. The number of nitro groups is 1. The molecule has 16 heavy (non-hydrogen) atoms. The van der Waals surface area contributed by atoms with E-state index in [1.807, 2.05) is 0 Å². The first-order valence-corrected chi connectivity index (χ1v) is 4.64. The monoisotopic (exact) mass is 229 g/mol. The minimum Gasteiger partial charge on any atom is -0.410 e. The highest BCUT2D eigenvalue weighted by atomic mass is 16.6. The number of carbonyl (C=O) groups excluding carboxylic acids is 1. The second kappa shape index (κ2) is 5.24. The number of amides is 1. The van der Waals surface area contributed by atoms with E-state index in [9.17, 15) is 14.9 Å². The molecule has 0 atom stereocenters. The van der Waals surface area contributed by atoms with Crippen molar-refractivity contribution in [3.63, 3.8) is 0 Å². The Labute approximate surface area is 92.8 Å². The first kappa shape index (κ1) is 14.1. The zero-order valence-corrected chi connectivity index (χ0v) is 9.43. The summed E-state index contributed by atoms with van der Waals surface area (Å²) in [4.78, 5) is 21.1. The fraction of sp³-hybridized carbons (Fsp3) is 0.556. The van der Waals surface area contributed by atoms with E-state index in [0.717, 1.165) is 6.08 Å². The molecule has 0 aromatic heterocycles. The molecule has 1 amide bonds. The molecule has 0 saturated carbocycles. The Morgan fingerprint density at radius 3 is 2.38 bits per heavy atom. The molecular formula is C9H15N3O4. The van der Waals surface area contributed by atoms with Gasteiger partial charge in [-0.25, -0.2) is 0 Å². The molecular weight excluding hydrogens is 214 g/mol. The van der Waals surface area contributed by atoms with Crippen LogP contribution in [0.1, 0.15) is 27.2 Å². The summed E-state index contributed by atoms with van der Waals surface area (Å²) in [6, 6.07) is 0. The summed E-state index contributed by atoms with van der Waals surface area (Å²) in [5, 5.41) is 22.0. The molecule has 7 heteroatoms. The van der Waals surface area contributed by atoms with E-state index < -0.39 is 22.1 Å². The molecule has 0 heterocycles. The van der Waals surface area contributed by atoms with E-state index >= 15 is 0 Å². The van der Waals surface area contributed by atoms with Gasteiger partial charge < -0.3 is 10.9 Å². The van der Waals surface area contributed by atoms with E-state index in [2.05, 4.69) is 5.16 Å². The number of hydrogen-bond donors (Lipinski definition) is 2. The molecule has 0 aliphatic rings. The normalized spacial score (nSPS) is 13.7. The molecule has 0 aromatic rings. The molecule has 0 rings (SSSR count). The lowest BCUT2D eigenvalue weighted by Crippen LogP contribution is -2.34. The largest absolute Gasteiger partial charge is 0.410 e. The molecule has 0 saturated heterocycles. The maximum atomic E-state index is 10.8. The Kier molecular flexibility index (Phi) is 4.61. The van der Waals surface area contributed by atoms with Gasteiger partial charge in [-0.15, -0.1) is 0 Å². The highest BCUT2D eigenvalue weighted by Crippen LogP contribution is 2.22. The van der Waals surface area contributed by atoms with Gasteiger partial charge in [0.1, 0.15) is 0 Å². The summed E-state index contributed by atoms with van der Waals surface area (Å²) in [5.74, 6) is -0.937. The molecule has 0 aromatic carbocycles. The predicted octanol–water partition coefficient (Wildman–Crippen LogP) is 0.694. The zero-order chi connectivity index (χ0) is 12.9. The molecule has 0 aliphatic carbocycles. The van der Waals surface area contributed by atoms with Crippen LogP contribution in [-0.4, -0.2) is 27.3 Å². The van der Waals surface area contributed by atoms with Gasteiger partial charge >= 0.3 is 0 Å². The summed E-state index contributed by atoms with van der Waals surface area (Å²) in [7, 11) is 0. The van der Waals surface area contributed by atoms with Crippen molar-refractivity contribution in [3.8, 4) is 0 Å². The van der Waals surface area contributed by atoms with Crippen LogP contribution in [0.4, 0.5) is 0 Å². The number of nitrogens with zero attached hydrogens (tertiary/aromatic N) is 2. The third-order valence-corrected chi connectivity index (χ3v) is 2.29. The summed E-state index contributed by atoms with van der Waals surface area (Å²) in [6.45, 7) is 4.50. The molecule has 3 N–H and O–H groups in total. The van der Waals surface area contributed by atoms with Gasteiger partial charge in [-0.3, -0.25) is 14.9 Å². The number of nitrogens with two attached hydrogens (primary N) is 1. The SMILES string of the molecule is CC/C(=C\C(=N/O)C(N)=O)C(C)(C)[N+](=O)[O-]. The second-order valence-corrected chi connectivity index (χ2v) is 3.69. The minimum atomic E-state index is -1.33. The lowest BCUT2D eigenvalue weighted by molar-refractivity contribution is -0.548. The second-order valence-electron chi connectivity index (χ2n) is 3.69. The van der Waals surface area contributed by atoms with Crippen LogP contribution in [0.3, 0.4) is 0 Å². The topological polar surface area (TPSA) is 119 Å². The highest BCUT2D eigenvalue weighted by molar-refractivity contribution is 6.42. The van der Waals surface area contributed by atoms with Gasteiger partial charge in [-0.05, 0) is 12.5 Å². The Balaban J connectivity index is 5.38. The van der Waals surface area contributed by atoms with Crippen molar-refractivity contribution < 1.29 is 14.9 Å². The lowest BCUT2D eigenvalue weighted by atomic mass is 9.91. The van der Waals surface area contributed by atoms with Gasteiger partial charge in [0.25, 0.3) is 5.91 Å². The number of oxime groups is 1. The first-order chi connectivity index (χ1) is 7.27. The van der Waals surface area contributed by atoms with Crippen molar-refractivity contribution in [1.29, 1.82) is 0 Å². The molecule has 0 radical (unpaired) electrons. The molecule has 0 bridgehead atoms. The van der Waals surface area contributed by atoms with Crippen molar-refractivity contribution in [2.75, 3.05) is 0 Å². The maximum absolute atomic E-state index is 10.8. The van der Waals surface area contributed by atoms with Crippen LogP contribution >= 0.6 is 0 Å². The molecule has 7 nitrogen and oxygen atoms in total. The van der Waals surface area contributed by atoms with Crippen molar-refractivity contribution in [1.82, 2.24) is 0 Å². The Bertz CT molecular complexity index is 358. The van der Waals surface area contributed by atoms with Gasteiger partial charge in [-0.1, -0.05) is 12.1 Å². The fourth-order valence-electron chi connectivity index (χ4n) is 1.14. The molecule has 0 spiro atoms. The highest BCUT2D eigenvalue weighted by Gasteiger charge is 2.35. The van der Waals surface area contributed by atoms with Crippen LogP contribution in [0.2, 0.25) is 0 Å². The van der Waals surface area contributed by atoms with Crippen LogP contribution in [-0.2, 0) is 4.79 Å². The Morgan fingerprint density at radius 2 is 2.12 bits per heavy atom. The van der Waals surface area contributed by atoms with Crippen LogP contribution in [0.15, 0.2) is 16.8 Å². The lowest BCUT2D eigenvalue weighted by Gasteiger charge is -2.18. The average Bonchev–Trinajstić information content (AvgIpc) is 2.18. The summed E-state index contributed by atoms with van der Waals surface area (Å²) in [5.41, 5.74) is 3.55. The van der Waals surface area contributed by atoms with Gasteiger partial charge in [0, 0.05) is 24.3 Å². The summed E-state index contributed by atoms with van der Waals surface area (Å²) < 4.78 is 0. The standard InChI is InChI=1S/C9H15N3O4/c1-4-6(9(2,3)12(15)16)5-7(11-14)8(10)13/h5,14H,4H2,1-3H3,(H2,10,13)/b6-5+,11-7+. The van der Waals surface area contributed by atoms with E-state index in [-0.39, 0.29) is 0 Å². The molecule has 0 fully saturated rings. The predicted molar refractivity (Wildman–Crippen MR) is 57.9 cm³/mol. The average molecular weight is 229 g/mol. The Morgan fingerprint density at radius 1 is 1.62 bits per heavy atom. The molecule has 90 valence electrons. The third-order valence-electron chi connectivity index (χ3n) is 2.29. The van der Waals surface area contributed by atoms with Gasteiger partial charge in [-0.2, -0.15) is 0 Å². The number of primary amides is 1. The minimum absolute atomic E-state index is 0.347. The van der Waals surface area contributed by atoms with E-state index in [1.54, 1.807) is 6.92 Å². The smallest absolute Gasteiger partial charge is 0.270 e. The van der Waals surface area contributed by atoms with Crippen molar-refractivity contribution in [2.45, 2.75) is 32.7 Å². The van der Waals surface area contributed by atoms with Crippen molar-refractivity contribution >= 4 is 11.6 Å². The fourth-order valence-corrected chi connectivity index (χ4v) is 1.14.